The van der Waals surface area contributed by atoms with Crippen LogP contribution in [0.5, 0.6) is 0 Å². The van der Waals surface area contributed by atoms with E-state index in [2.05, 4.69) is 26.1 Å². The molecule has 8 nitrogen and oxygen atoms in total. The van der Waals surface area contributed by atoms with E-state index in [9.17, 15) is 24.9 Å². The van der Waals surface area contributed by atoms with Crippen LogP contribution in [0.4, 0.5) is 0 Å². The van der Waals surface area contributed by atoms with Gasteiger partial charge in [-0.05, 0) is 97.7 Å². The average Bonchev–Trinajstić information content (AvgIpc) is 3.11. The molecule has 4 rings (SSSR count). The molecule has 1 unspecified atom stereocenters. The molecule has 0 aromatic heterocycles. The van der Waals surface area contributed by atoms with E-state index in [-0.39, 0.29) is 100 Å². The topological polar surface area (TPSA) is 159 Å². The first-order valence-electron chi connectivity index (χ1n) is 13.0. The van der Waals surface area contributed by atoms with Gasteiger partial charge in [0.05, 0.1) is 18.3 Å². The summed E-state index contributed by atoms with van der Waals surface area (Å²) in [6.45, 7) is 6.35. The Balaban J connectivity index is 0.00000216. The number of carboxylic acid groups (broad SMARTS) is 1. The van der Waals surface area contributed by atoms with Crippen LogP contribution in [0.15, 0.2) is 0 Å². The summed E-state index contributed by atoms with van der Waals surface area (Å²) < 4.78 is 0. The van der Waals surface area contributed by atoms with Gasteiger partial charge in [-0.1, -0.05) is 20.8 Å². The third kappa shape index (κ3) is 5.50. The van der Waals surface area contributed by atoms with Gasteiger partial charge in [-0.25, -0.2) is 0 Å². The Morgan fingerprint density at radius 1 is 1.03 bits per heavy atom. The van der Waals surface area contributed by atoms with Gasteiger partial charge in [0, 0.05) is 6.42 Å². The number of rotatable bonds is 6. The van der Waals surface area contributed by atoms with Crippen LogP contribution >= 0.6 is 0 Å². The first-order valence-corrected chi connectivity index (χ1v) is 13.0. The Morgan fingerprint density at radius 2 is 1.71 bits per heavy atom. The van der Waals surface area contributed by atoms with Crippen molar-refractivity contribution in [3.05, 3.63) is 0 Å². The summed E-state index contributed by atoms with van der Waals surface area (Å²) in [5.74, 6) is 0.265. The minimum atomic E-state index is -1.04. The van der Waals surface area contributed by atoms with Crippen LogP contribution in [0.3, 0.4) is 0 Å². The molecular formula is C26H46NNaO7. The maximum absolute atomic E-state index is 12.0. The predicted molar refractivity (Wildman–Crippen MR) is 134 cm³/mol. The first kappa shape index (κ1) is 31.0. The van der Waals surface area contributed by atoms with Crippen molar-refractivity contribution in [3.8, 4) is 0 Å². The Bertz CT molecular complexity index is 768. The molecule has 0 radical (unpaired) electrons. The van der Waals surface area contributed by atoms with Gasteiger partial charge in [-0.3, -0.25) is 9.59 Å². The molecule has 4 aliphatic carbocycles. The molecule has 0 aromatic rings. The summed E-state index contributed by atoms with van der Waals surface area (Å²) >= 11 is 0. The number of amides is 1. The summed E-state index contributed by atoms with van der Waals surface area (Å²) in [6, 6.07) is 0. The van der Waals surface area contributed by atoms with E-state index in [1.807, 2.05) is 0 Å². The third-order valence-electron chi connectivity index (χ3n) is 10.8. The number of carbonyl (C=O) groups excluding carboxylic acids is 1. The number of fused-ring (bicyclic) bond motifs is 5. The van der Waals surface area contributed by atoms with Crippen LogP contribution in [-0.2, 0) is 9.59 Å². The SMILES string of the molecule is C[C@H](CCC(=O)NCC(=O)O)[C@H]1CC[C@H]2[C@@H]3[C@H](O)CC4C[C@H](O)CC[C@]4(C)[C@H]3C[C@H](O)[C@]12C.O.[NaH]. The van der Waals surface area contributed by atoms with Crippen molar-refractivity contribution in [1.29, 1.82) is 0 Å². The van der Waals surface area contributed by atoms with Gasteiger partial charge in [0.25, 0.3) is 0 Å². The van der Waals surface area contributed by atoms with Crippen molar-refractivity contribution in [3.63, 3.8) is 0 Å². The number of aliphatic hydroxyl groups excluding tert-OH is 3. The number of carbonyl (C=O) groups is 2. The Kier molecular flexibility index (Phi) is 10.3. The summed E-state index contributed by atoms with van der Waals surface area (Å²) in [5.41, 5.74) is -0.214. The van der Waals surface area contributed by atoms with Gasteiger partial charge < -0.3 is 31.2 Å². The molecule has 4 fully saturated rings. The first-order chi connectivity index (χ1) is 15.5. The zero-order chi connectivity index (χ0) is 24.1. The Hall–Kier alpha value is -0.220. The number of aliphatic hydroxyl groups is 3. The zero-order valence-electron chi connectivity index (χ0n) is 20.9. The average molecular weight is 508 g/mol. The number of hydrogen-bond acceptors (Lipinski definition) is 5. The van der Waals surface area contributed by atoms with E-state index in [1.54, 1.807) is 0 Å². The van der Waals surface area contributed by atoms with E-state index in [1.165, 1.54) is 0 Å². The van der Waals surface area contributed by atoms with Crippen molar-refractivity contribution < 1.29 is 35.5 Å². The number of aliphatic carboxylic acids is 1. The molecule has 0 aromatic carbocycles. The second-order valence-electron chi connectivity index (χ2n) is 12.2. The predicted octanol–water partition coefficient (Wildman–Crippen LogP) is 1.09. The number of hydrogen-bond donors (Lipinski definition) is 5. The molecule has 7 N–H and O–H groups in total. The van der Waals surface area contributed by atoms with Crippen LogP contribution < -0.4 is 5.32 Å². The van der Waals surface area contributed by atoms with Crippen LogP contribution in [0.25, 0.3) is 0 Å². The van der Waals surface area contributed by atoms with Gasteiger partial charge >= 0.3 is 35.5 Å². The Labute approximate surface area is 231 Å². The molecule has 11 atom stereocenters. The van der Waals surface area contributed by atoms with Crippen LogP contribution in [0, 0.1) is 46.3 Å². The molecule has 0 aliphatic heterocycles. The second kappa shape index (κ2) is 11.7. The van der Waals surface area contributed by atoms with Gasteiger partial charge in [0.2, 0.25) is 5.91 Å². The van der Waals surface area contributed by atoms with Gasteiger partial charge in [-0.15, -0.1) is 0 Å². The molecule has 9 heteroatoms. The zero-order valence-corrected chi connectivity index (χ0v) is 20.9. The van der Waals surface area contributed by atoms with Crippen molar-refractivity contribution in [1.82, 2.24) is 5.32 Å². The fourth-order valence-corrected chi connectivity index (χ4v) is 8.95. The van der Waals surface area contributed by atoms with E-state index >= 15 is 0 Å². The monoisotopic (exact) mass is 507 g/mol. The van der Waals surface area contributed by atoms with E-state index in [0.29, 0.717) is 25.2 Å². The summed E-state index contributed by atoms with van der Waals surface area (Å²) in [5, 5.41) is 44.4. The van der Waals surface area contributed by atoms with Crippen molar-refractivity contribution in [2.24, 2.45) is 46.3 Å². The molecule has 1 amide bonds. The van der Waals surface area contributed by atoms with E-state index in [0.717, 1.165) is 38.5 Å². The molecular weight excluding hydrogens is 461 g/mol. The molecule has 0 spiro atoms. The van der Waals surface area contributed by atoms with Gasteiger partial charge in [0.15, 0.2) is 0 Å². The van der Waals surface area contributed by atoms with E-state index in [4.69, 9.17) is 5.11 Å². The number of nitrogens with one attached hydrogen (secondary N) is 1. The van der Waals surface area contributed by atoms with Crippen molar-refractivity contribution >= 4 is 41.4 Å². The minimum absolute atomic E-state index is 0. The summed E-state index contributed by atoms with van der Waals surface area (Å²) in [6.07, 6.45) is 5.86. The molecule has 0 saturated heterocycles. The third-order valence-corrected chi connectivity index (χ3v) is 10.8. The quantitative estimate of drug-likeness (QED) is 0.339. The summed E-state index contributed by atoms with van der Waals surface area (Å²) in [7, 11) is 0. The van der Waals surface area contributed by atoms with Crippen LogP contribution in [0.2, 0.25) is 0 Å². The van der Waals surface area contributed by atoms with Crippen LogP contribution in [0.1, 0.15) is 78.6 Å². The molecule has 4 aliphatic rings. The fourth-order valence-electron chi connectivity index (χ4n) is 8.95. The second-order valence-corrected chi connectivity index (χ2v) is 12.2. The maximum atomic E-state index is 12.0. The van der Waals surface area contributed by atoms with Crippen LogP contribution in [-0.4, -0.2) is 92.2 Å². The summed E-state index contributed by atoms with van der Waals surface area (Å²) in [4.78, 5) is 22.7. The van der Waals surface area contributed by atoms with Gasteiger partial charge in [-0.2, -0.15) is 0 Å². The standard InChI is InChI=1S/C26H43NO6.Na.H2O.H/c1-14(4-7-22(31)27-13-23(32)33)17-5-6-18-24-19(12-21(30)26(17,18)3)25(2)9-8-16(28)10-15(25)11-20(24)29;;;/h14-21,24,28-30H,4-13H2,1-3H3,(H,27,31)(H,32,33);;1H2;/t14-,15?,16-,17-,18+,19+,20-,21+,24+,25+,26-;;;/m1.../s1. The molecule has 4 saturated carbocycles. The molecule has 35 heavy (non-hydrogen) atoms. The molecule has 198 valence electrons. The molecule has 0 heterocycles. The number of carboxylic acids is 1. The molecule has 0 bridgehead atoms. The Morgan fingerprint density at radius 3 is 2.37 bits per heavy atom. The van der Waals surface area contributed by atoms with Crippen molar-refractivity contribution in [2.45, 2.75) is 96.9 Å². The fraction of sp³-hybridized carbons (Fsp3) is 0.923. The normalized spacial score (nSPS) is 45.0. The van der Waals surface area contributed by atoms with Gasteiger partial charge in [0.1, 0.15) is 6.54 Å². The van der Waals surface area contributed by atoms with E-state index < -0.39 is 12.1 Å². The van der Waals surface area contributed by atoms with Crippen molar-refractivity contribution in [2.75, 3.05) is 6.54 Å².